The molecule has 172 valence electrons. The predicted octanol–water partition coefficient (Wildman–Crippen LogP) is 0.105. The lowest BCUT2D eigenvalue weighted by Gasteiger charge is -2.32. The maximum Gasteiger partial charge on any atom is 0.262 e. The molecule has 2 heterocycles. The maximum atomic E-state index is 12.6. The van der Waals surface area contributed by atoms with Crippen molar-refractivity contribution in [1.29, 1.82) is 0 Å². The molecule has 0 spiro atoms. The third-order valence-corrected chi connectivity index (χ3v) is 5.71. The molecular weight excluding hydrogens is 457 g/mol. The summed E-state index contributed by atoms with van der Waals surface area (Å²) < 4.78 is 26.4. The van der Waals surface area contributed by atoms with Gasteiger partial charge in [0.1, 0.15) is 6.04 Å². The number of hydrogen-bond acceptors (Lipinski definition) is 7. The van der Waals surface area contributed by atoms with Crippen LogP contribution in [0, 0.1) is 0 Å². The van der Waals surface area contributed by atoms with Crippen LogP contribution in [0.25, 0.3) is 0 Å². The van der Waals surface area contributed by atoms with Crippen LogP contribution < -0.4 is 16.1 Å². The van der Waals surface area contributed by atoms with E-state index in [-0.39, 0.29) is 56.1 Å². The van der Waals surface area contributed by atoms with Gasteiger partial charge in [0, 0.05) is 38.6 Å². The SMILES string of the molecule is CC(C)(C)ONC(=O)[C@H]1CN(S(=O)(=O)CCNC(=O)c2cccnc2)CCN1.Cl.Cl. The number of piperazine rings is 1. The highest BCUT2D eigenvalue weighted by atomic mass is 35.5. The number of halogens is 2. The molecule has 0 saturated carbocycles. The Morgan fingerprint density at radius 3 is 2.63 bits per heavy atom. The number of aromatic nitrogens is 1. The molecule has 0 radical (unpaired) electrons. The molecule has 1 aromatic heterocycles. The van der Waals surface area contributed by atoms with Gasteiger partial charge in [-0.05, 0) is 32.9 Å². The lowest BCUT2D eigenvalue weighted by molar-refractivity contribution is -0.148. The Morgan fingerprint density at radius 2 is 2.03 bits per heavy atom. The minimum atomic E-state index is -3.63. The molecule has 13 heteroatoms. The second kappa shape index (κ2) is 12.4. The zero-order valence-electron chi connectivity index (χ0n) is 17.1. The van der Waals surface area contributed by atoms with Gasteiger partial charge in [0.15, 0.2) is 0 Å². The molecule has 0 aliphatic carbocycles. The average molecular weight is 486 g/mol. The molecule has 1 aliphatic heterocycles. The van der Waals surface area contributed by atoms with E-state index in [0.29, 0.717) is 12.1 Å². The molecule has 10 nitrogen and oxygen atoms in total. The zero-order chi connectivity index (χ0) is 20.8. The molecule has 1 atom stereocenters. The normalized spacial score (nSPS) is 17.2. The van der Waals surface area contributed by atoms with Crippen molar-refractivity contribution in [3.05, 3.63) is 30.1 Å². The van der Waals surface area contributed by atoms with Crippen LogP contribution in [0.15, 0.2) is 24.5 Å². The molecule has 1 aromatic rings. The van der Waals surface area contributed by atoms with E-state index >= 15 is 0 Å². The van der Waals surface area contributed by atoms with E-state index in [9.17, 15) is 18.0 Å². The van der Waals surface area contributed by atoms with Crippen LogP contribution in [-0.4, -0.2) is 73.1 Å². The van der Waals surface area contributed by atoms with Crippen LogP contribution in [0.4, 0.5) is 0 Å². The van der Waals surface area contributed by atoms with Crippen molar-refractivity contribution in [1.82, 2.24) is 25.4 Å². The highest BCUT2D eigenvalue weighted by Crippen LogP contribution is 2.09. The van der Waals surface area contributed by atoms with E-state index in [1.54, 1.807) is 39.1 Å². The minimum absolute atomic E-state index is 0. The summed E-state index contributed by atoms with van der Waals surface area (Å²) in [4.78, 5) is 33.2. The number of nitrogens with one attached hydrogen (secondary N) is 3. The highest BCUT2D eigenvalue weighted by Gasteiger charge is 2.32. The third-order valence-electron chi connectivity index (χ3n) is 3.88. The summed E-state index contributed by atoms with van der Waals surface area (Å²) in [6.45, 7) is 5.92. The first-order valence-electron chi connectivity index (χ1n) is 8.96. The number of rotatable bonds is 7. The van der Waals surface area contributed by atoms with Crippen LogP contribution >= 0.6 is 24.8 Å². The fourth-order valence-electron chi connectivity index (χ4n) is 2.45. The van der Waals surface area contributed by atoms with Gasteiger partial charge in [-0.25, -0.2) is 13.9 Å². The Kier molecular flexibility index (Phi) is 11.8. The van der Waals surface area contributed by atoms with Crippen molar-refractivity contribution in [3.63, 3.8) is 0 Å². The zero-order valence-corrected chi connectivity index (χ0v) is 19.5. The molecule has 0 aromatic carbocycles. The molecule has 0 bridgehead atoms. The number of hydroxylamine groups is 1. The van der Waals surface area contributed by atoms with Crippen molar-refractivity contribution >= 4 is 46.7 Å². The Hall–Kier alpha value is -1.50. The van der Waals surface area contributed by atoms with Crippen molar-refractivity contribution in [3.8, 4) is 0 Å². The van der Waals surface area contributed by atoms with E-state index in [1.165, 1.54) is 10.5 Å². The second-order valence-corrected chi connectivity index (χ2v) is 9.45. The standard InChI is InChI=1S/C17H27N5O5S.2ClH/c1-17(2,3)27-21-16(24)14-12-22(9-7-19-14)28(25,26)10-8-20-15(23)13-5-4-6-18-11-13;;/h4-6,11,14,19H,7-10,12H2,1-3H3,(H,20,23)(H,21,24);2*1H/t14-;;/m1../s1. The van der Waals surface area contributed by atoms with Crippen LogP contribution in [0.1, 0.15) is 31.1 Å². The number of nitrogens with zero attached hydrogens (tertiary/aromatic N) is 2. The van der Waals surface area contributed by atoms with Gasteiger partial charge in [0.25, 0.3) is 11.8 Å². The van der Waals surface area contributed by atoms with E-state index in [4.69, 9.17) is 4.84 Å². The molecule has 1 saturated heterocycles. The topological polar surface area (TPSA) is 130 Å². The molecule has 30 heavy (non-hydrogen) atoms. The second-order valence-electron chi connectivity index (χ2n) is 7.36. The summed E-state index contributed by atoms with van der Waals surface area (Å²) >= 11 is 0. The van der Waals surface area contributed by atoms with Gasteiger partial charge in [0.2, 0.25) is 10.0 Å². The average Bonchev–Trinajstić information content (AvgIpc) is 2.66. The summed E-state index contributed by atoms with van der Waals surface area (Å²) in [5.74, 6) is -1.08. The third kappa shape index (κ3) is 9.11. The Morgan fingerprint density at radius 1 is 1.33 bits per heavy atom. The Balaban J connectivity index is 0.00000420. The fraction of sp³-hybridized carbons (Fsp3) is 0.588. The molecule has 2 rings (SSSR count). The van der Waals surface area contributed by atoms with E-state index in [1.807, 2.05) is 0 Å². The van der Waals surface area contributed by atoms with Gasteiger partial charge < -0.3 is 10.6 Å². The first-order valence-corrected chi connectivity index (χ1v) is 10.6. The van der Waals surface area contributed by atoms with Gasteiger partial charge in [-0.15, -0.1) is 24.8 Å². The summed E-state index contributed by atoms with van der Waals surface area (Å²) in [6.07, 6.45) is 2.95. The smallest absolute Gasteiger partial charge is 0.262 e. The van der Waals surface area contributed by atoms with Crippen molar-refractivity contribution in [2.24, 2.45) is 0 Å². The quantitative estimate of drug-likeness (QED) is 0.467. The molecule has 1 fully saturated rings. The number of sulfonamides is 1. The van der Waals surface area contributed by atoms with Crippen LogP contribution in [0.2, 0.25) is 0 Å². The molecular formula is C17H29Cl2N5O5S. The summed E-state index contributed by atoms with van der Waals surface area (Å²) in [5.41, 5.74) is 2.16. The molecule has 0 unspecified atom stereocenters. The number of pyridine rings is 1. The number of carbonyl (C=O) groups is 2. The van der Waals surface area contributed by atoms with E-state index < -0.39 is 27.6 Å². The van der Waals surface area contributed by atoms with Gasteiger partial charge in [-0.2, -0.15) is 4.31 Å². The summed E-state index contributed by atoms with van der Waals surface area (Å²) in [6, 6.07) is 2.51. The van der Waals surface area contributed by atoms with Gasteiger partial charge >= 0.3 is 0 Å². The van der Waals surface area contributed by atoms with Crippen LogP contribution in [0.5, 0.6) is 0 Å². The fourth-order valence-corrected chi connectivity index (χ4v) is 3.81. The van der Waals surface area contributed by atoms with Crippen molar-refractivity contribution in [2.45, 2.75) is 32.4 Å². The molecule has 2 amide bonds. The van der Waals surface area contributed by atoms with Crippen molar-refractivity contribution < 1.29 is 22.8 Å². The van der Waals surface area contributed by atoms with Gasteiger partial charge in [0.05, 0.1) is 16.9 Å². The minimum Gasteiger partial charge on any atom is -0.351 e. The predicted molar refractivity (Wildman–Crippen MR) is 117 cm³/mol. The number of hydrogen-bond donors (Lipinski definition) is 3. The monoisotopic (exact) mass is 485 g/mol. The molecule has 3 N–H and O–H groups in total. The van der Waals surface area contributed by atoms with Crippen LogP contribution in [0.3, 0.4) is 0 Å². The number of carbonyl (C=O) groups excluding carboxylic acids is 2. The Bertz CT molecular complexity index is 789. The maximum absolute atomic E-state index is 12.6. The largest absolute Gasteiger partial charge is 0.351 e. The summed E-state index contributed by atoms with van der Waals surface area (Å²) in [5, 5.41) is 5.54. The van der Waals surface area contributed by atoms with E-state index in [2.05, 4.69) is 21.1 Å². The highest BCUT2D eigenvalue weighted by molar-refractivity contribution is 7.89. The van der Waals surface area contributed by atoms with Crippen LogP contribution in [-0.2, 0) is 19.7 Å². The van der Waals surface area contributed by atoms with Crippen molar-refractivity contribution in [2.75, 3.05) is 31.9 Å². The lowest BCUT2D eigenvalue weighted by atomic mass is 10.2. The van der Waals surface area contributed by atoms with E-state index in [0.717, 1.165) is 0 Å². The summed E-state index contributed by atoms with van der Waals surface area (Å²) in [7, 11) is -3.63. The first-order chi connectivity index (χ1) is 13.1. The van der Waals surface area contributed by atoms with Gasteiger partial charge in [-0.1, -0.05) is 0 Å². The first kappa shape index (κ1) is 28.5. The Labute approximate surface area is 189 Å². The number of amides is 2. The molecule has 1 aliphatic rings. The van der Waals surface area contributed by atoms with Gasteiger partial charge in [-0.3, -0.25) is 19.4 Å². The lowest BCUT2D eigenvalue weighted by Crippen LogP contribution is -2.59.